The smallest absolute Gasteiger partial charge is 0.414 e. The van der Waals surface area contributed by atoms with Crippen molar-refractivity contribution in [1.82, 2.24) is 10.2 Å². The van der Waals surface area contributed by atoms with Crippen LogP contribution in [0, 0.1) is 0 Å². The fourth-order valence-electron chi connectivity index (χ4n) is 2.35. The summed E-state index contributed by atoms with van der Waals surface area (Å²) < 4.78 is 11.0. The number of ether oxygens (including phenoxy) is 2. The molecule has 0 aliphatic heterocycles. The van der Waals surface area contributed by atoms with Crippen molar-refractivity contribution in [3.8, 4) is 11.5 Å². The lowest BCUT2D eigenvalue weighted by Gasteiger charge is -2.18. The van der Waals surface area contributed by atoms with E-state index >= 15 is 0 Å². The Morgan fingerprint density at radius 3 is 2.17 bits per heavy atom. The third kappa shape index (κ3) is 10.3. The zero-order valence-electron chi connectivity index (χ0n) is 17.6. The predicted molar refractivity (Wildman–Crippen MR) is 109 cm³/mol. The van der Waals surface area contributed by atoms with Gasteiger partial charge in [0, 0.05) is 6.54 Å². The Labute approximate surface area is 171 Å². The Morgan fingerprint density at radius 1 is 1.07 bits per heavy atom. The Bertz CT molecular complexity index is 634. The van der Waals surface area contributed by atoms with Crippen molar-refractivity contribution >= 4 is 17.8 Å². The number of carboxylic acid groups (broad SMARTS) is 2. The number of para-hydroxylation sites is 1. The second kappa shape index (κ2) is 15.2. The molecule has 0 radical (unpaired) electrons. The number of rotatable bonds is 11. The maximum Gasteiger partial charge on any atom is 0.414 e. The maximum absolute atomic E-state index is 12.4. The van der Waals surface area contributed by atoms with E-state index in [1.165, 1.54) is 0 Å². The molecule has 0 unspecified atom stereocenters. The minimum Gasteiger partial charge on any atom is -0.493 e. The molecule has 0 atom stereocenters. The summed E-state index contributed by atoms with van der Waals surface area (Å²) in [5.74, 6) is -2.65. The molecule has 9 nitrogen and oxygen atoms in total. The molecule has 0 aromatic heterocycles. The SMILES string of the molecule is CCCOc1c(OC)cccc1C(=O)NCCCN(CC)CC.O=C(O)C(=O)O. The Morgan fingerprint density at radius 2 is 1.69 bits per heavy atom. The van der Waals surface area contributed by atoms with Crippen molar-refractivity contribution in [2.24, 2.45) is 0 Å². The Hall–Kier alpha value is -2.81. The van der Waals surface area contributed by atoms with Crippen LogP contribution in [0.25, 0.3) is 0 Å². The third-order valence-corrected chi connectivity index (χ3v) is 3.91. The Kier molecular flexibility index (Phi) is 13.7. The first-order valence-electron chi connectivity index (χ1n) is 9.58. The van der Waals surface area contributed by atoms with Crippen molar-refractivity contribution in [3.05, 3.63) is 23.8 Å². The van der Waals surface area contributed by atoms with E-state index in [2.05, 4.69) is 24.1 Å². The first-order chi connectivity index (χ1) is 13.8. The molecule has 0 aliphatic rings. The standard InChI is InChI=1S/C18H30N2O3.C2H2O4/c1-5-14-23-17-15(10-8-11-16(17)22-4)18(21)19-12-9-13-20(6-2)7-3;3-1(4)2(5)6/h8,10-11H,5-7,9,12-14H2,1-4H3,(H,19,21);(H,3,4)(H,5,6). The fraction of sp³-hybridized carbons (Fsp3) is 0.550. The number of nitrogens with one attached hydrogen (secondary N) is 1. The van der Waals surface area contributed by atoms with E-state index in [0.717, 1.165) is 32.5 Å². The van der Waals surface area contributed by atoms with Gasteiger partial charge in [-0.05, 0) is 44.6 Å². The number of amides is 1. The number of methoxy groups -OCH3 is 1. The summed E-state index contributed by atoms with van der Waals surface area (Å²) in [5.41, 5.74) is 0.528. The topological polar surface area (TPSA) is 125 Å². The molecule has 9 heteroatoms. The molecule has 0 fully saturated rings. The molecule has 0 saturated heterocycles. The van der Waals surface area contributed by atoms with Crippen molar-refractivity contribution in [1.29, 1.82) is 0 Å². The van der Waals surface area contributed by atoms with Crippen LogP contribution in [0.15, 0.2) is 18.2 Å². The average molecular weight is 412 g/mol. The van der Waals surface area contributed by atoms with Gasteiger partial charge in [0.2, 0.25) is 0 Å². The molecule has 164 valence electrons. The van der Waals surface area contributed by atoms with Crippen LogP contribution in [0.5, 0.6) is 11.5 Å². The van der Waals surface area contributed by atoms with Crippen LogP contribution in [0.2, 0.25) is 0 Å². The van der Waals surface area contributed by atoms with Gasteiger partial charge in [-0.1, -0.05) is 26.8 Å². The van der Waals surface area contributed by atoms with Crippen molar-refractivity contribution in [2.75, 3.05) is 39.9 Å². The number of benzene rings is 1. The molecule has 1 aromatic rings. The second-order valence-electron chi connectivity index (χ2n) is 5.93. The number of carboxylic acids is 2. The van der Waals surface area contributed by atoms with Crippen molar-refractivity contribution in [3.63, 3.8) is 0 Å². The molecule has 0 spiro atoms. The summed E-state index contributed by atoms with van der Waals surface area (Å²) in [5, 5.41) is 17.8. The molecule has 29 heavy (non-hydrogen) atoms. The van der Waals surface area contributed by atoms with Gasteiger partial charge in [-0.15, -0.1) is 0 Å². The molecule has 1 rings (SSSR count). The lowest BCUT2D eigenvalue weighted by atomic mass is 10.1. The number of aliphatic carboxylic acids is 2. The molecule has 0 saturated carbocycles. The highest BCUT2D eigenvalue weighted by Crippen LogP contribution is 2.31. The lowest BCUT2D eigenvalue weighted by Crippen LogP contribution is -2.30. The summed E-state index contributed by atoms with van der Waals surface area (Å²) in [7, 11) is 1.58. The highest BCUT2D eigenvalue weighted by Gasteiger charge is 2.16. The van der Waals surface area contributed by atoms with Crippen LogP contribution in [0.3, 0.4) is 0 Å². The van der Waals surface area contributed by atoms with Crippen LogP contribution in [0.4, 0.5) is 0 Å². The van der Waals surface area contributed by atoms with Crippen molar-refractivity contribution in [2.45, 2.75) is 33.6 Å². The van der Waals surface area contributed by atoms with Gasteiger partial charge in [0.15, 0.2) is 11.5 Å². The molecule has 0 aliphatic carbocycles. The molecule has 1 aromatic carbocycles. The van der Waals surface area contributed by atoms with Gasteiger partial charge in [0.1, 0.15) is 0 Å². The number of nitrogens with zero attached hydrogens (tertiary/aromatic N) is 1. The molecule has 0 bridgehead atoms. The summed E-state index contributed by atoms with van der Waals surface area (Å²) in [6.45, 7) is 10.6. The number of carbonyl (C=O) groups is 3. The van der Waals surface area contributed by atoms with E-state index < -0.39 is 11.9 Å². The van der Waals surface area contributed by atoms with Gasteiger partial charge in [-0.2, -0.15) is 0 Å². The van der Waals surface area contributed by atoms with E-state index in [0.29, 0.717) is 30.2 Å². The van der Waals surface area contributed by atoms with Crippen LogP contribution in [-0.2, 0) is 9.59 Å². The molecule has 0 heterocycles. The van der Waals surface area contributed by atoms with Gasteiger partial charge in [0.25, 0.3) is 5.91 Å². The van der Waals surface area contributed by atoms with Crippen LogP contribution < -0.4 is 14.8 Å². The summed E-state index contributed by atoms with van der Waals surface area (Å²) in [4.78, 5) is 33.0. The first-order valence-corrected chi connectivity index (χ1v) is 9.58. The zero-order valence-corrected chi connectivity index (χ0v) is 17.6. The summed E-state index contributed by atoms with van der Waals surface area (Å²) in [6.07, 6.45) is 1.81. The number of hydrogen-bond acceptors (Lipinski definition) is 6. The molecular formula is C20H32N2O7. The van der Waals surface area contributed by atoms with E-state index in [9.17, 15) is 4.79 Å². The molecule has 1 amide bonds. The van der Waals surface area contributed by atoms with Crippen LogP contribution in [-0.4, -0.2) is 72.9 Å². The zero-order chi connectivity index (χ0) is 22.2. The second-order valence-corrected chi connectivity index (χ2v) is 5.93. The minimum atomic E-state index is -1.82. The molecule has 3 N–H and O–H groups in total. The Balaban J connectivity index is 0.00000113. The summed E-state index contributed by atoms with van der Waals surface area (Å²) >= 11 is 0. The highest BCUT2D eigenvalue weighted by molar-refractivity contribution is 6.27. The normalized spacial score (nSPS) is 9.97. The van der Waals surface area contributed by atoms with Gasteiger partial charge in [-0.3, -0.25) is 4.79 Å². The number of hydrogen-bond donors (Lipinski definition) is 3. The average Bonchev–Trinajstić information content (AvgIpc) is 2.72. The van der Waals surface area contributed by atoms with Crippen molar-refractivity contribution < 1.29 is 34.1 Å². The van der Waals surface area contributed by atoms with E-state index in [1.54, 1.807) is 13.2 Å². The van der Waals surface area contributed by atoms with E-state index in [4.69, 9.17) is 29.3 Å². The maximum atomic E-state index is 12.4. The summed E-state index contributed by atoms with van der Waals surface area (Å²) in [6, 6.07) is 5.39. The lowest BCUT2D eigenvalue weighted by molar-refractivity contribution is -0.159. The van der Waals surface area contributed by atoms with Gasteiger partial charge in [0.05, 0.1) is 19.3 Å². The largest absolute Gasteiger partial charge is 0.493 e. The minimum absolute atomic E-state index is 0.116. The molecular weight excluding hydrogens is 380 g/mol. The van der Waals surface area contributed by atoms with Gasteiger partial charge < -0.3 is 29.9 Å². The number of carbonyl (C=O) groups excluding carboxylic acids is 1. The van der Waals surface area contributed by atoms with Gasteiger partial charge >= 0.3 is 11.9 Å². The predicted octanol–water partition coefficient (Wildman–Crippen LogP) is 2.10. The monoisotopic (exact) mass is 412 g/mol. The van der Waals surface area contributed by atoms with Gasteiger partial charge in [-0.25, -0.2) is 9.59 Å². The first kappa shape index (κ1) is 26.2. The van der Waals surface area contributed by atoms with E-state index in [-0.39, 0.29) is 5.91 Å². The quantitative estimate of drug-likeness (QED) is 0.373. The van der Waals surface area contributed by atoms with E-state index in [1.807, 2.05) is 19.1 Å². The third-order valence-electron chi connectivity index (χ3n) is 3.91. The highest BCUT2D eigenvalue weighted by atomic mass is 16.5. The fourth-order valence-corrected chi connectivity index (χ4v) is 2.35. The van der Waals surface area contributed by atoms with Crippen LogP contribution >= 0.6 is 0 Å². The van der Waals surface area contributed by atoms with Crippen LogP contribution in [0.1, 0.15) is 44.0 Å².